The van der Waals surface area contributed by atoms with E-state index in [9.17, 15) is 4.39 Å². The molecule has 0 aliphatic rings. The zero-order chi connectivity index (χ0) is 10.4. The first kappa shape index (κ1) is 11.2. The van der Waals surface area contributed by atoms with Gasteiger partial charge in [-0.25, -0.2) is 4.39 Å². The van der Waals surface area contributed by atoms with Gasteiger partial charge in [0.2, 0.25) is 0 Å². The lowest BCUT2D eigenvalue weighted by Crippen LogP contribution is -1.97. The fourth-order valence-corrected chi connectivity index (χ4v) is 1.74. The minimum atomic E-state index is -0.121. The Morgan fingerprint density at radius 1 is 1.43 bits per heavy atom. The van der Waals surface area contributed by atoms with Gasteiger partial charge in [0.15, 0.2) is 0 Å². The first-order chi connectivity index (χ1) is 6.77. The molecule has 1 nitrogen and oxygen atoms in total. The molecule has 1 aromatic carbocycles. The Labute approximate surface area is 88.4 Å². The predicted molar refractivity (Wildman–Crippen MR) is 61.6 cm³/mol. The maximum absolute atomic E-state index is 13.2. The smallest absolute Gasteiger partial charge is 0.126 e. The van der Waals surface area contributed by atoms with Crippen molar-refractivity contribution in [3.63, 3.8) is 0 Å². The number of hydrogen-bond acceptors (Lipinski definition) is 2. The minimum absolute atomic E-state index is 0.121. The van der Waals surface area contributed by atoms with Gasteiger partial charge in [-0.1, -0.05) is 18.2 Å². The molecule has 0 fully saturated rings. The molecule has 0 spiro atoms. The van der Waals surface area contributed by atoms with Crippen LogP contribution >= 0.6 is 11.8 Å². The van der Waals surface area contributed by atoms with Gasteiger partial charge < -0.3 is 0 Å². The first-order valence-electron chi connectivity index (χ1n) is 4.51. The lowest BCUT2D eigenvalue weighted by Gasteiger charge is -2.03. The Bertz CT molecular complexity index is 323. The van der Waals surface area contributed by atoms with Gasteiger partial charge in [0.25, 0.3) is 0 Å². The first-order valence-corrected chi connectivity index (χ1v) is 5.73. The number of halogens is 1. The lowest BCUT2D eigenvalue weighted by atomic mass is 10.1. The Morgan fingerprint density at radius 3 is 2.71 bits per heavy atom. The van der Waals surface area contributed by atoms with Crippen LogP contribution < -0.4 is 0 Å². The van der Waals surface area contributed by atoms with Gasteiger partial charge in [0.1, 0.15) is 5.82 Å². The largest absolute Gasteiger partial charge is 0.286 e. The van der Waals surface area contributed by atoms with Crippen molar-refractivity contribution in [2.75, 3.05) is 13.3 Å². The average molecular weight is 211 g/mol. The normalized spacial score (nSPS) is 11.8. The van der Waals surface area contributed by atoms with Crippen LogP contribution in [0.15, 0.2) is 29.3 Å². The molecule has 0 N–H and O–H groups in total. The average Bonchev–Trinajstić information content (AvgIpc) is 2.22. The van der Waals surface area contributed by atoms with Gasteiger partial charge in [0.05, 0.1) is 5.04 Å². The van der Waals surface area contributed by atoms with Crippen molar-refractivity contribution in [1.82, 2.24) is 0 Å². The SMILES string of the molecule is CN=C(CCc1ccccc1F)SC. The maximum atomic E-state index is 13.2. The van der Waals surface area contributed by atoms with Crippen LogP contribution in [0.2, 0.25) is 0 Å². The lowest BCUT2D eigenvalue weighted by molar-refractivity contribution is 0.610. The van der Waals surface area contributed by atoms with Gasteiger partial charge in [-0.15, -0.1) is 11.8 Å². The second kappa shape index (κ2) is 5.81. The van der Waals surface area contributed by atoms with E-state index in [1.165, 1.54) is 6.07 Å². The number of benzene rings is 1. The molecule has 0 aromatic heterocycles. The predicted octanol–water partition coefficient (Wildman–Crippen LogP) is 3.15. The molecule has 14 heavy (non-hydrogen) atoms. The van der Waals surface area contributed by atoms with E-state index in [0.29, 0.717) is 0 Å². The topological polar surface area (TPSA) is 12.4 Å². The molecule has 1 aromatic rings. The highest BCUT2D eigenvalue weighted by Crippen LogP contribution is 2.12. The zero-order valence-electron chi connectivity index (χ0n) is 8.46. The molecule has 1 rings (SSSR count). The summed E-state index contributed by atoms with van der Waals surface area (Å²) in [5.74, 6) is -0.121. The van der Waals surface area contributed by atoms with Crippen LogP contribution in [-0.2, 0) is 6.42 Å². The van der Waals surface area contributed by atoms with E-state index >= 15 is 0 Å². The Hall–Kier alpha value is -0.830. The monoisotopic (exact) mass is 211 g/mol. The Morgan fingerprint density at radius 2 is 2.14 bits per heavy atom. The van der Waals surface area contributed by atoms with E-state index in [0.717, 1.165) is 23.4 Å². The summed E-state index contributed by atoms with van der Waals surface area (Å²) in [5.41, 5.74) is 0.766. The van der Waals surface area contributed by atoms with Crippen LogP contribution in [0.25, 0.3) is 0 Å². The zero-order valence-corrected chi connectivity index (χ0v) is 9.27. The molecule has 0 saturated heterocycles. The van der Waals surface area contributed by atoms with E-state index in [1.807, 2.05) is 18.4 Å². The van der Waals surface area contributed by atoms with Crippen molar-refractivity contribution in [2.45, 2.75) is 12.8 Å². The molecular weight excluding hydrogens is 197 g/mol. The van der Waals surface area contributed by atoms with Crippen LogP contribution in [0.4, 0.5) is 4.39 Å². The van der Waals surface area contributed by atoms with Crippen molar-refractivity contribution in [3.05, 3.63) is 35.6 Å². The second-order valence-electron chi connectivity index (χ2n) is 2.91. The number of aryl methyl sites for hydroxylation is 1. The summed E-state index contributed by atoms with van der Waals surface area (Å²) in [6.45, 7) is 0. The number of hydrogen-bond donors (Lipinski definition) is 0. The molecule has 0 amide bonds. The van der Waals surface area contributed by atoms with Gasteiger partial charge >= 0.3 is 0 Å². The minimum Gasteiger partial charge on any atom is -0.286 e. The molecule has 0 heterocycles. The Balaban J connectivity index is 2.58. The summed E-state index contributed by atoms with van der Waals surface area (Å²) >= 11 is 1.62. The highest BCUT2D eigenvalue weighted by molar-refractivity contribution is 8.13. The maximum Gasteiger partial charge on any atom is 0.126 e. The third-order valence-electron chi connectivity index (χ3n) is 2.05. The fraction of sp³-hybridized carbons (Fsp3) is 0.364. The van der Waals surface area contributed by atoms with Crippen LogP contribution in [0.1, 0.15) is 12.0 Å². The number of aliphatic imine (C=N–C) groups is 1. The van der Waals surface area contributed by atoms with Crippen molar-refractivity contribution in [3.8, 4) is 0 Å². The molecule has 3 heteroatoms. The highest BCUT2D eigenvalue weighted by Gasteiger charge is 2.02. The van der Waals surface area contributed by atoms with E-state index in [2.05, 4.69) is 4.99 Å². The van der Waals surface area contributed by atoms with Crippen LogP contribution in [0.3, 0.4) is 0 Å². The summed E-state index contributed by atoms with van der Waals surface area (Å²) in [5, 5.41) is 1.06. The fourth-order valence-electron chi connectivity index (χ4n) is 1.25. The molecule has 76 valence electrons. The van der Waals surface area contributed by atoms with Crippen molar-refractivity contribution >= 4 is 16.8 Å². The van der Waals surface area contributed by atoms with Crippen LogP contribution in [-0.4, -0.2) is 18.3 Å². The molecule has 0 aliphatic heterocycles. The molecule has 0 bridgehead atoms. The summed E-state index contributed by atoms with van der Waals surface area (Å²) in [4.78, 5) is 4.11. The standard InChI is InChI=1S/C11H14FNS/c1-13-11(14-2)8-7-9-5-3-4-6-10(9)12/h3-6H,7-8H2,1-2H3. The van der Waals surface area contributed by atoms with Crippen LogP contribution in [0, 0.1) is 5.82 Å². The highest BCUT2D eigenvalue weighted by atomic mass is 32.2. The molecule has 0 aliphatic carbocycles. The van der Waals surface area contributed by atoms with E-state index in [4.69, 9.17) is 0 Å². The summed E-state index contributed by atoms with van der Waals surface area (Å²) in [7, 11) is 1.77. The number of rotatable bonds is 3. The van der Waals surface area contributed by atoms with E-state index in [-0.39, 0.29) is 5.82 Å². The van der Waals surface area contributed by atoms with Gasteiger partial charge in [-0.05, 0) is 30.7 Å². The van der Waals surface area contributed by atoms with Crippen molar-refractivity contribution in [2.24, 2.45) is 4.99 Å². The molecule has 0 saturated carbocycles. The van der Waals surface area contributed by atoms with Crippen LogP contribution in [0.5, 0.6) is 0 Å². The molecular formula is C11H14FNS. The van der Waals surface area contributed by atoms with Gasteiger partial charge in [-0.3, -0.25) is 4.99 Å². The second-order valence-corrected chi connectivity index (χ2v) is 3.79. The van der Waals surface area contributed by atoms with Gasteiger partial charge in [-0.2, -0.15) is 0 Å². The third-order valence-corrected chi connectivity index (χ3v) is 2.91. The summed E-state index contributed by atoms with van der Waals surface area (Å²) in [6.07, 6.45) is 3.53. The molecule has 0 radical (unpaired) electrons. The van der Waals surface area contributed by atoms with E-state index in [1.54, 1.807) is 24.9 Å². The molecule has 0 atom stereocenters. The van der Waals surface area contributed by atoms with Crippen molar-refractivity contribution in [1.29, 1.82) is 0 Å². The van der Waals surface area contributed by atoms with E-state index < -0.39 is 0 Å². The number of thioether (sulfide) groups is 1. The molecule has 0 unspecified atom stereocenters. The van der Waals surface area contributed by atoms with Crippen molar-refractivity contribution < 1.29 is 4.39 Å². The quantitative estimate of drug-likeness (QED) is 0.552. The summed E-state index contributed by atoms with van der Waals surface area (Å²) in [6, 6.07) is 6.89. The Kier molecular flexibility index (Phi) is 4.66. The van der Waals surface area contributed by atoms with Gasteiger partial charge in [0, 0.05) is 7.05 Å². The third kappa shape index (κ3) is 3.14. The summed E-state index contributed by atoms with van der Waals surface area (Å²) < 4.78 is 13.2. The number of nitrogens with zero attached hydrogens (tertiary/aromatic N) is 1.